The first-order valence-corrected chi connectivity index (χ1v) is 7.64. The highest BCUT2D eigenvalue weighted by molar-refractivity contribution is 5.89. The molecular weight excluding hydrogens is 338 g/mol. The van der Waals surface area contributed by atoms with Gasteiger partial charge in [-0.3, -0.25) is 14.0 Å². The maximum atomic E-state index is 11.1. The van der Waals surface area contributed by atoms with Gasteiger partial charge in [-0.1, -0.05) is 6.07 Å². The smallest absolute Gasteiger partial charge is 0.309 e. The summed E-state index contributed by atoms with van der Waals surface area (Å²) in [5.74, 6) is -1.16. The summed E-state index contributed by atoms with van der Waals surface area (Å²) < 4.78 is 1.47. The van der Waals surface area contributed by atoms with Crippen LogP contribution in [-0.4, -0.2) is 31.5 Å². The average molecular weight is 353 g/mol. The van der Waals surface area contributed by atoms with Crippen LogP contribution in [-0.2, 0) is 16.0 Å². The van der Waals surface area contributed by atoms with Crippen molar-refractivity contribution in [1.82, 2.24) is 9.38 Å². The van der Waals surface area contributed by atoms with Crippen LogP contribution in [0.15, 0.2) is 52.8 Å². The summed E-state index contributed by atoms with van der Waals surface area (Å²) in [4.78, 5) is 26.4. The number of pyridine rings is 1. The molecular formula is C17H15N5O4. The number of carboxylic acid groups (broad SMARTS) is 1. The molecule has 0 aliphatic rings. The average Bonchev–Trinajstić information content (AvgIpc) is 2.91. The maximum Gasteiger partial charge on any atom is 0.309 e. The topological polar surface area (TPSA) is 129 Å². The highest BCUT2D eigenvalue weighted by Gasteiger charge is 2.16. The van der Waals surface area contributed by atoms with E-state index >= 15 is 0 Å². The van der Waals surface area contributed by atoms with Crippen molar-refractivity contribution in [2.45, 2.75) is 13.3 Å². The lowest BCUT2D eigenvalue weighted by Gasteiger charge is -2.02. The summed E-state index contributed by atoms with van der Waals surface area (Å²) in [6.45, 7) is 1.40. The van der Waals surface area contributed by atoms with Crippen LogP contribution in [0.25, 0.3) is 5.65 Å². The molecule has 0 aliphatic heterocycles. The fraction of sp³-hybridized carbons (Fsp3) is 0.118. The minimum Gasteiger partial charge on any atom is -0.504 e. The molecule has 0 bridgehead atoms. The van der Waals surface area contributed by atoms with Gasteiger partial charge in [-0.25, -0.2) is 4.98 Å². The van der Waals surface area contributed by atoms with Crippen LogP contribution in [0.1, 0.15) is 12.6 Å². The molecule has 2 aromatic heterocycles. The Labute approximate surface area is 147 Å². The summed E-state index contributed by atoms with van der Waals surface area (Å²) in [6, 6.07) is 9.77. The van der Waals surface area contributed by atoms with Gasteiger partial charge in [0.1, 0.15) is 0 Å². The van der Waals surface area contributed by atoms with Crippen molar-refractivity contribution >= 4 is 34.7 Å². The minimum absolute atomic E-state index is 0.0896. The summed E-state index contributed by atoms with van der Waals surface area (Å²) in [5.41, 5.74) is 1.41. The molecule has 0 saturated carbocycles. The molecule has 0 atom stereocenters. The molecule has 0 spiro atoms. The number of hydrogen-bond donors (Lipinski definition) is 3. The summed E-state index contributed by atoms with van der Waals surface area (Å²) in [7, 11) is 0. The first-order valence-electron chi connectivity index (χ1n) is 7.64. The van der Waals surface area contributed by atoms with E-state index in [1.165, 1.54) is 17.4 Å². The molecule has 26 heavy (non-hydrogen) atoms. The number of anilines is 1. The third-order valence-electron chi connectivity index (χ3n) is 3.42. The zero-order chi connectivity index (χ0) is 18.7. The van der Waals surface area contributed by atoms with Gasteiger partial charge < -0.3 is 15.5 Å². The van der Waals surface area contributed by atoms with Crippen molar-refractivity contribution < 1.29 is 19.8 Å². The van der Waals surface area contributed by atoms with Gasteiger partial charge in [0.15, 0.2) is 17.2 Å². The Morgan fingerprint density at radius 3 is 2.77 bits per heavy atom. The van der Waals surface area contributed by atoms with Gasteiger partial charge in [0.25, 0.3) is 0 Å². The van der Waals surface area contributed by atoms with Gasteiger partial charge in [-0.05, 0) is 30.3 Å². The van der Waals surface area contributed by atoms with E-state index in [2.05, 4.69) is 20.5 Å². The van der Waals surface area contributed by atoms with Crippen LogP contribution < -0.4 is 5.32 Å². The number of azo groups is 1. The Bertz CT molecular complexity index is 1030. The number of benzene rings is 1. The normalized spacial score (nSPS) is 11.1. The summed E-state index contributed by atoms with van der Waals surface area (Å²) in [6.07, 6.45) is 1.25. The SMILES string of the molecule is CC(=O)Nc1cccc(N=Nc2c(CC(=O)O)nc3c(O)cccn23)c1. The number of aromatic nitrogens is 2. The first kappa shape index (κ1) is 17.1. The van der Waals surface area contributed by atoms with E-state index in [-0.39, 0.29) is 35.2 Å². The number of amides is 1. The first-order chi connectivity index (χ1) is 12.4. The third kappa shape index (κ3) is 3.66. The molecule has 9 nitrogen and oxygen atoms in total. The van der Waals surface area contributed by atoms with E-state index in [4.69, 9.17) is 5.11 Å². The molecule has 1 amide bonds. The van der Waals surface area contributed by atoms with E-state index < -0.39 is 5.97 Å². The van der Waals surface area contributed by atoms with Gasteiger partial charge >= 0.3 is 5.97 Å². The molecule has 2 heterocycles. The predicted molar refractivity (Wildman–Crippen MR) is 93.1 cm³/mol. The monoisotopic (exact) mass is 353 g/mol. The number of rotatable bonds is 5. The predicted octanol–water partition coefficient (Wildman–Crippen LogP) is 3.04. The number of carboxylic acids is 1. The highest BCUT2D eigenvalue weighted by atomic mass is 16.4. The van der Waals surface area contributed by atoms with Crippen molar-refractivity contribution in [2.24, 2.45) is 10.2 Å². The number of carbonyl (C=O) groups excluding carboxylic acids is 1. The van der Waals surface area contributed by atoms with Gasteiger partial charge in [0.05, 0.1) is 17.8 Å². The minimum atomic E-state index is -1.07. The Morgan fingerprint density at radius 1 is 1.23 bits per heavy atom. The van der Waals surface area contributed by atoms with E-state index in [9.17, 15) is 14.7 Å². The lowest BCUT2D eigenvalue weighted by atomic mass is 10.3. The molecule has 0 aliphatic carbocycles. The van der Waals surface area contributed by atoms with Gasteiger partial charge in [-0.2, -0.15) is 0 Å². The molecule has 3 N–H and O–H groups in total. The van der Waals surface area contributed by atoms with Crippen molar-refractivity contribution in [3.05, 3.63) is 48.3 Å². The second kappa shape index (κ2) is 7.01. The van der Waals surface area contributed by atoms with Crippen LogP contribution in [0, 0.1) is 0 Å². The van der Waals surface area contributed by atoms with Crippen molar-refractivity contribution in [2.75, 3.05) is 5.32 Å². The molecule has 0 saturated heterocycles. The zero-order valence-corrected chi connectivity index (χ0v) is 13.7. The van der Waals surface area contributed by atoms with Crippen molar-refractivity contribution in [3.8, 4) is 5.75 Å². The van der Waals surface area contributed by atoms with Crippen LogP contribution >= 0.6 is 0 Å². The number of nitrogens with zero attached hydrogens (tertiary/aromatic N) is 4. The van der Waals surface area contributed by atoms with E-state index in [1.54, 1.807) is 36.5 Å². The summed E-state index contributed by atoms with van der Waals surface area (Å²) in [5, 5.41) is 29.8. The second-order valence-electron chi connectivity index (χ2n) is 5.47. The molecule has 1 aromatic carbocycles. The molecule has 0 radical (unpaired) electrons. The maximum absolute atomic E-state index is 11.1. The second-order valence-corrected chi connectivity index (χ2v) is 5.47. The van der Waals surface area contributed by atoms with E-state index in [0.29, 0.717) is 11.4 Å². The fourth-order valence-corrected chi connectivity index (χ4v) is 2.41. The van der Waals surface area contributed by atoms with Gasteiger partial charge in [-0.15, -0.1) is 10.2 Å². The van der Waals surface area contributed by atoms with Gasteiger partial charge in [0, 0.05) is 18.8 Å². The highest BCUT2D eigenvalue weighted by Crippen LogP contribution is 2.29. The number of aliphatic carboxylic acids is 1. The number of hydrogen-bond acceptors (Lipinski definition) is 6. The Balaban J connectivity index is 2.02. The molecule has 3 aromatic rings. The number of fused-ring (bicyclic) bond motifs is 1. The van der Waals surface area contributed by atoms with E-state index in [0.717, 1.165) is 0 Å². The van der Waals surface area contributed by atoms with Crippen LogP contribution in [0.3, 0.4) is 0 Å². The number of aromatic hydroxyl groups is 1. The van der Waals surface area contributed by atoms with Crippen LogP contribution in [0.2, 0.25) is 0 Å². The molecule has 0 unspecified atom stereocenters. The Morgan fingerprint density at radius 2 is 2.04 bits per heavy atom. The molecule has 132 valence electrons. The van der Waals surface area contributed by atoms with Crippen LogP contribution in [0.5, 0.6) is 5.75 Å². The zero-order valence-electron chi connectivity index (χ0n) is 13.7. The largest absolute Gasteiger partial charge is 0.504 e. The standard InChI is InChI=1S/C17H15N5O4/c1-10(23)18-11-4-2-5-12(8-11)20-21-16-13(9-15(25)26)19-17-14(24)6-3-7-22(16)17/h2-8,24H,9H2,1H3,(H,18,23)(H,25,26). The van der Waals surface area contributed by atoms with Gasteiger partial charge in [0.2, 0.25) is 5.91 Å². The van der Waals surface area contributed by atoms with Crippen molar-refractivity contribution in [1.29, 1.82) is 0 Å². The van der Waals surface area contributed by atoms with Crippen molar-refractivity contribution in [3.63, 3.8) is 0 Å². The Hall–Kier alpha value is -3.75. The lowest BCUT2D eigenvalue weighted by molar-refractivity contribution is -0.136. The van der Waals surface area contributed by atoms with E-state index in [1.807, 2.05) is 0 Å². The lowest BCUT2D eigenvalue weighted by Crippen LogP contribution is -2.05. The Kier molecular flexibility index (Phi) is 4.61. The molecule has 3 rings (SSSR count). The number of nitrogens with one attached hydrogen (secondary N) is 1. The fourth-order valence-electron chi connectivity index (χ4n) is 2.41. The number of imidazole rings is 1. The quantitative estimate of drug-likeness (QED) is 0.607. The number of carbonyl (C=O) groups is 2. The molecule has 9 heteroatoms. The van der Waals surface area contributed by atoms with Crippen LogP contribution in [0.4, 0.5) is 17.2 Å². The summed E-state index contributed by atoms with van der Waals surface area (Å²) >= 11 is 0. The molecule has 0 fully saturated rings. The third-order valence-corrected chi connectivity index (χ3v) is 3.42.